The van der Waals surface area contributed by atoms with Crippen LogP contribution in [0.3, 0.4) is 0 Å². The fourth-order valence-electron chi connectivity index (χ4n) is 3.88. The lowest BCUT2D eigenvalue weighted by molar-refractivity contribution is -0.121. The molecule has 7 nitrogen and oxygen atoms in total. The van der Waals surface area contributed by atoms with Gasteiger partial charge >= 0.3 is 10.1 Å². The molecule has 0 bridgehead atoms. The van der Waals surface area contributed by atoms with Crippen LogP contribution >= 0.6 is 0 Å². The van der Waals surface area contributed by atoms with Crippen LogP contribution in [0.2, 0.25) is 0 Å². The van der Waals surface area contributed by atoms with Gasteiger partial charge in [0.2, 0.25) is 5.91 Å². The van der Waals surface area contributed by atoms with Crippen molar-refractivity contribution in [2.75, 3.05) is 0 Å². The molecule has 0 radical (unpaired) electrons. The molecule has 0 aromatic heterocycles. The van der Waals surface area contributed by atoms with E-state index in [4.69, 9.17) is 4.18 Å². The highest BCUT2D eigenvalue weighted by molar-refractivity contribution is 7.87. The van der Waals surface area contributed by atoms with Crippen molar-refractivity contribution in [2.24, 2.45) is 5.10 Å². The molecular formula is C30H36N2O5S. The summed E-state index contributed by atoms with van der Waals surface area (Å²) in [5.74, 6) is 0.189. The van der Waals surface area contributed by atoms with Crippen LogP contribution in [-0.2, 0) is 32.2 Å². The second-order valence-corrected chi connectivity index (χ2v) is 12.8. The number of nitrogens with one attached hydrogen (secondary N) is 1. The lowest BCUT2D eigenvalue weighted by Crippen LogP contribution is -2.20. The van der Waals surface area contributed by atoms with Crippen molar-refractivity contribution in [1.82, 2.24) is 5.43 Å². The van der Waals surface area contributed by atoms with Crippen LogP contribution < -0.4 is 9.61 Å². The number of benzene rings is 3. The second-order valence-electron chi connectivity index (χ2n) is 11.3. The van der Waals surface area contributed by atoms with Gasteiger partial charge in [0.05, 0.1) is 6.21 Å². The van der Waals surface area contributed by atoms with Crippen molar-refractivity contribution in [1.29, 1.82) is 0 Å². The summed E-state index contributed by atoms with van der Waals surface area (Å²) in [6.07, 6.45) is 2.14. The number of hydrogen-bond donors (Lipinski definition) is 2. The Balaban J connectivity index is 1.64. The highest BCUT2D eigenvalue weighted by Crippen LogP contribution is 2.40. The van der Waals surface area contributed by atoms with E-state index < -0.39 is 10.1 Å². The monoisotopic (exact) mass is 536 g/mol. The Kier molecular flexibility index (Phi) is 8.67. The summed E-state index contributed by atoms with van der Waals surface area (Å²) >= 11 is 0. The average Bonchev–Trinajstić information content (AvgIpc) is 2.82. The maximum atomic E-state index is 12.5. The van der Waals surface area contributed by atoms with E-state index in [1.807, 2.05) is 12.1 Å². The summed E-state index contributed by atoms with van der Waals surface area (Å²) in [6.45, 7) is 12.3. The van der Waals surface area contributed by atoms with Gasteiger partial charge in [-0.1, -0.05) is 84.0 Å². The minimum absolute atomic E-state index is 0.0594. The highest BCUT2D eigenvalue weighted by Gasteiger charge is 2.26. The first-order valence-electron chi connectivity index (χ1n) is 12.5. The lowest BCUT2D eigenvalue weighted by Gasteiger charge is -2.28. The number of hydrogen-bond acceptors (Lipinski definition) is 6. The molecule has 3 aromatic carbocycles. The van der Waals surface area contributed by atoms with Crippen LogP contribution in [0, 0.1) is 0 Å². The van der Waals surface area contributed by atoms with Gasteiger partial charge < -0.3 is 9.29 Å². The van der Waals surface area contributed by atoms with Gasteiger partial charge in [-0.05, 0) is 63.8 Å². The maximum absolute atomic E-state index is 12.5. The Morgan fingerprint density at radius 1 is 0.921 bits per heavy atom. The molecule has 3 rings (SSSR count). The van der Waals surface area contributed by atoms with Gasteiger partial charge in [-0.3, -0.25) is 4.79 Å². The summed E-state index contributed by atoms with van der Waals surface area (Å²) < 4.78 is 30.1. The van der Waals surface area contributed by atoms with E-state index >= 15 is 0 Å². The topological polar surface area (TPSA) is 105 Å². The Hall–Kier alpha value is -3.65. The SMILES string of the molecule is CC(C)(C)c1cc(CCC(=O)N/N=C\c2cccc(OS(=O)(=O)c3ccccc3)c2)cc(C(C)(C)C)c1O. The Bertz CT molecular complexity index is 1380. The Labute approximate surface area is 225 Å². The quantitative estimate of drug-likeness (QED) is 0.214. The zero-order valence-corrected chi connectivity index (χ0v) is 23.6. The number of aryl methyl sites for hydroxylation is 1. The van der Waals surface area contributed by atoms with E-state index in [0.717, 1.165) is 16.7 Å². The van der Waals surface area contributed by atoms with Gasteiger partial charge in [-0.25, -0.2) is 5.43 Å². The van der Waals surface area contributed by atoms with Gasteiger partial charge in [0.15, 0.2) is 0 Å². The molecule has 38 heavy (non-hydrogen) atoms. The predicted molar refractivity (Wildman–Crippen MR) is 150 cm³/mol. The standard InChI is InChI=1S/C30H36N2O5S/c1-29(2,3)25-18-21(19-26(28(25)34)30(4,5)6)15-16-27(33)32-31-20-22-11-10-12-23(17-22)37-38(35,36)24-13-8-7-9-14-24/h7-14,17-20,34H,15-16H2,1-6H3,(H,32,33)/b31-20-. The number of rotatable bonds is 8. The van der Waals surface area contributed by atoms with Crippen molar-refractivity contribution in [3.63, 3.8) is 0 Å². The smallest absolute Gasteiger partial charge is 0.339 e. The fourth-order valence-corrected chi connectivity index (χ4v) is 4.83. The molecule has 0 aliphatic rings. The van der Waals surface area contributed by atoms with Crippen LogP contribution in [0.15, 0.2) is 76.7 Å². The van der Waals surface area contributed by atoms with E-state index in [9.17, 15) is 18.3 Å². The zero-order chi connectivity index (χ0) is 28.1. The van der Waals surface area contributed by atoms with Crippen LogP contribution in [0.25, 0.3) is 0 Å². The number of phenolic OH excluding ortho intramolecular Hbond substituents is 1. The summed E-state index contributed by atoms with van der Waals surface area (Å²) in [5, 5.41) is 14.9. The number of aromatic hydroxyl groups is 1. The first-order chi connectivity index (χ1) is 17.7. The summed E-state index contributed by atoms with van der Waals surface area (Å²) in [7, 11) is -3.96. The van der Waals surface area contributed by atoms with E-state index in [0.29, 0.717) is 17.7 Å². The number of carbonyl (C=O) groups is 1. The molecule has 8 heteroatoms. The lowest BCUT2D eigenvalue weighted by atomic mass is 9.78. The number of hydrazone groups is 1. The Morgan fingerprint density at radius 3 is 2.11 bits per heavy atom. The van der Waals surface area contributed by atoms with Crippen molar-refractivity contribution >= 4 is 22.2 Å². The number of amides is 1. The molecule has 0 atom stereocenters. The van der Waals surface area contributed by atoms with Crippen molar-refractivity contribution in [2.45, 2.75) is 70.1 Å². The van der Waals surface area contributed by atoms with Gasteiger partial charge in [0, 0.05) is 6.42 Å². The molecule has 0 saturated carbocycles. The number of nitrogens with zero attached hydrogens (tertiary/aromatic N) is 1. The molecule has 1 amide bonds. The summed E-state index contributed by atoms with van der Waals surface area (Å²) in [6, 6.07) is 18.2. The fraction of sp³-hybridized carbons (Fsp3) is 0.333. The molecule has 0 unspecified atom stereocenters. The second kappa shape index (κ2) is 11.4. The van der Waals surface area contributed by atoms with Gasteiger partial charge in [0.25, 0.3) is 0 Å². The summed E-state index contributed by atoms with van der Waals surface area (Å²) in [4.78, 5) is 12.5. The molecular weight excluding hydrogens is 500 g/mol. The van der Waals surface area contributed by atoms with Crippen LogP contribution in [0.4, 0.5) is 0 Å². The predicted octanol–water partition coefficient (Wildman–Crippen LogP) is 5.84. The van der Waals surface area contributed by atoms with Crippen molar-refractivity contribution < 1.29 is 22.5 Å². The third-order valence-electron chi connectivity index (χ3n) is 5.93. The largest absolute Gasteiger partial charge is 0.507 e. The molecule has 0 heterocycles. The third kappa shape index (κ3) is 7.68. The molecule has 0 spiro atoms. The van der Waals surface area contributed by atoms with E-state index in [1.54, 1.807) is 30.3 Å². The molecule has 0 aliphatic heterocycles. The first-order valence-corrected chi connectivity index (χ1v) is 13.9. The Morgan fingerprint density at radius 2 is 1.53 bits per heavy atom. The summed E-state index contributed by atoms with van der Waals surface area (Å²) in [5.41, 5.74) is 5.28. The van der Waals surface area contributed by atoms with Gasteiger partial charge in [0.1, 0.15) is 16.4 Å². The van der Waals surface area contributed by atoms with Gasteiger partial charge in [-0.15, -0.1) is 0 Å². The van der Waals surface area contributed by atoms with E-state index in [1.165, 1.54) is 30.5 Å². The maximum Gasteiger partial charge on any atom is 0.339 e. The molecule has 0 saturated heterocycles. The molecule has 0 aliphatic carbocycles. The third-order valence-corrected chi connectivity index (χ3v) is 7.19. The normalized spacial score (nSPS) is 12.5. The molecule has 0 fully saturated rings. The van der Waals surface area contributed by atoms with E-state index in [2.05, 4.69) is 52.1 Å². The average molecular weight is 537 g/mol. The van der Waals surface area contributed by atoms with Crippen LogP contribution in [0.5, 0.6) is 11.5 Å². The molecule has 3 aromatic rings. The number of phenols is 1. The van der Waals surface area contributed by atoms with E-state index in [-0.39, 0.29) is 33.8 Å². The van der Waals surface area contributed by atoms with Crippen LogP contribution in [-0.4, -0.2) is 25.6 Å². The van der Waals surface area contributed by atoms with Crippen molar-refractivity contribution in [3.05, 3.63) is 89.0 Å². The minimum atomic E-state index is -3.96. The van der Waals surface area contributed by atoms with Crippen LogP contribution in [0.1, 0.15) is 70.2 Å². The highest BCUT2D eigenvalue weighted by atomic mass is 32.2. The molecule has 2 N–H and O–H groups in total. The zero-order valence-electron chi connectivity index (χ0n) is 22.8. The van der Waals surface area contributed by atoms with Crippen molar-refractivity contribution in [3.8, 4) is 11.5 Å². The first kappa shape index (κ1) is 28.9. The van der Waals surface area contributed by atoms with Gasteiger partial charge in [-0.2, -0.15) is 13.5 Å². The number of carbonyl (C=O) groups excluding carboxylic acids is 1. The molecule has 202 valence electrons. The minimum Gasteiger partial charge on any atom is -0.507 e.